The minimum absolute atomic E-state index is 0.228. The summed E-state index contributed by atoms with van der Waals surface area (Å²) in [4.78, 5) is 12.9. The van der Waals surface area contributed by atoms with Crippen molar-refractivity contribution in [3.63, 3.8) is 0 Å². The summed E-state index contributed by atoms with van der Waals surface area (Å²) in [6, 6.07) is 0.228. The second-order valence-corrected chi connectivity index (χ2v) is 3.02. The maximum atomic E-state index is 11.0. The maximum Gasteiger partial charge on any atom is 0.246 e. The van der Waals surface area contributed by atoms with Gasteiger partial charge in [-0.15, -0.1) is 6.58 Å². The molecule has 0 aromatic carbocycles. The molecule has 0 aromatic rings. The second kappa shape index (κ2) is 1.84. The average Bonchev–Trinajstić information content (AvgIpc) is 2.63. The summed E-state index contributed by atoms with van der Waals surface area (Å²) in [5.41, 5.74) is 0. The van der Waals surface area contributed by atoms with E-state index in [0.717, 1.165) is 19.4 Å². The van der Waals surface area contributed by atoms with Crippen LogP contribution in [0.1, 0.15) is 12.8 Å². The van der Waals surface area contributed by atoms with Crippen molar-refractivity contribution >= 4 is 5.91 Å². The minimum Gasteiger partial charge on any atom is -0.328 e. The Morgan fingerprint density at radius 1 is 1.70 bits per heavy atom. The van der Waals surface area contributed by atoms with E-state index in [1.165, 1.54) is 0 Å². The topological polar surface area (TPSA) is 20.1 Å². The first kappa shape index (κ1) is 5.96. The number of hydrogen-bond acceptors (Lipinski definition) is 1. The lowest BCUT2D eigenvalue weighted by molar-refractivity contribution is -0.113. The molecule has 10 heavy (non-hydrogen) atoms. The molecule has 1 amide bonds. The highest BCUT2D eigenvalue weighted by molar-refractivity contribution is 5.97. The summed E-state index contributed by atoms with van der Waals surface area (Å²) in [6.45, 7) is 4.70. The Balaban J connectivity index is 2.11. The number of carbonyl (C=O) groups is 1. The van der Waals surface area contributed by atoms with Crippen molar-refractivity contribution in [2.24, 2.45) is 5.92 Å². The van der Waals surface area contributed by atoms with Gasteiger partial charge in [0.25, 0.3) is 0 Å². The standard InChI is InChI=1S/C8H11NO/c1-2-6-4-3-5-9-7(6)8(9)10/h2,6-7H,1,3-5H2/t6-,7+,9?/m0/s1. The number of carbonyl (C=O) groups excluding carboxylic acids is 1. The van der Waals surface area contributed by atoms with Crippen molar-refractivity contribution in [1.29, 1.82) is 0 Å². The smallest absolute Gasteiger partial charge is 0.246 e. The molecule has 2 aliphatic heterocycles. The molecule has 2 atom stereocenters. The molecular formula is C8H11NO. The second-order valence-electron chi connectivity index (χ2n) is 3.02. The largest absolute Gasteiger partial charge is 0.328 e. The maximum absolute atomic E-state index is 11.0. The molecule has 54 valence electrons. The van der Waals surface area contributed by atoms with Crippen LogP contribution in [0.4, 0.5) is 0 Å². The van der Waals surface area contributed by atoms with E-state index in [9.17, 15) is 4.79 Å². The van der Waals surface area contributed by atoms with Gasteiger partial charge in [-0.2, -0.15) is 0 Å². The van der Waals surface area contributed by atoms with Crippen molar-refractivity contribution in [1.82, 2.24) is 4.90 Å². The molecule has 0 spiro atoms. The zero-order chi connectivity index (χ0) is 7.14. The van der Waals surface area contributed by atoms with Crippen molar-refractivity contribution in [2.45, 2.75) is 18.9 Å². The van der Waals surface area contributed by atoms with Crippen LogP contribution in [0.3, 0.4) is 0 Å². The van der Waals surface area contributed by atoms with E-state index in [-0.39, 0.29) is 6.04 Å². The molecule has 2 saturated heterocycles. The average molecular weight is 137 g/mol. The Kier molecular flexibility index (Phi) is 1.10. The fraction of sp³-hybridized carbons (Fsp3) is 0.625. The van der Waals surface area contributed by atoms with Gasteiger partial charge in [-0.05, 0) is 12.8 Å². The molecule has 2 aliphatic rings. The van der Waals surface area contributed by atoms with Gasteiger partial charge in [-0.25, -0.2) is 0 Å². The van der Waals surface area contributed by atoms with Gasteiger partial charge in [0.15, 0.2) is 0 Å². The van der Waals surface area contributed by atoms with Crippen LogP contribution in [0.5, 0.6) is 0 Å². The molecule has 0 aliphatic carbocycles. The van der Waals surface area contributed by atoms with Crippen LogP contribution < -0.4 is 0 Å². The summed E-state index contributed by atoms with van der Waals surface area (Å²) in [6.07, 6.45) is 4.22. The first-order valence-corrected chi connectivity index (χ1v) is 3.77. The minimum atomic E-state index is 0.228. The lowest BCUT2D eigenvalue weighted by Crippen LogP contribution is -2.18. The van der Waals surface area contributed by atoms with Crippen molar-refractivity contribution < 1.29 is 4.79 Å². The van der Waals surface area contributed by atoms with E-state index in [1.807, 2.05) is 11.0 Å². The highest BCUT2D eigenvalue weighted by Crippen LogP contribution is 2.35. The zero-order valence-corrected chi connectivity index (χ0v) is 5.92. The zero-order valence-electron chi connectivity index (χ0n) is 5.92. The van der Waals surface area contributed by atoms with Gasteiger partial charge >= 0.3 is 0 Å². The molecule has 0 bridgehead atoms. The fourth-order valence-electron chi connectivity index (χ4n) is 1.80. The van der Waals surface area contributed by atoms with E-state index in [0.29, 0.717) is 11.8 Å². The van der Waals surface area contributed by atoms with Crippen LogP contribution in [-0.2, 0) is 4.79 Å². The normalized spacial score (nSPS) is 37.2. The van der Waals surface area contributed by atoms with Gasteiger partial charge in [0.1, 0.15) is 6.04 Å². The van der Waals surface area contributed by atoms with Gasteiger partial charge in [0.2, 0.25) is 5.91 Å². The quantitative estimate of drug-likeness (QED) is 0.386. The number of rotatable bonds is 1. The van der Waals surface area contributed by atoms with E-state index >= 15 is 0 Å². The van der Waals surface area contributed by atoms with E-state index < -0.39 is 0 Å². The first-order chi connectivity index (χ1) is 4.84. The lowest BCUT2D eigenvalue weighted by atomic mass is 9.97. The summed E-state index contributed by atoms with van der Waals surface area (Å²) in [5.74, 6) is 0.781. The Morgan fingerprint density at radius 2 is 2.50 bits per heavy atom. The highest BCUT2D eigenvalue weighted by atomic mass is 16.2. The Hall–Kier alpha value is -0.790. The Bertz CT molecular complexity index is 188. The number of nitrogens with zero attached hydrogens (tertiary/aromatic N) is 1. The van der Waals surface area contributed by atoms with Crippen LogP contribution in [0, 0.1) is 5.92 Å². The molecule has 0 saturated carbocycles. The van der Waals surface area contributed by atoms with Crippen LogP contribution >= 0.6 is 0 Å². The van der Waals surface area contributed by atoms with Crippen molar-refractivity contribution in [3.05, 3.63) is 12.7 Å². The first-order valence-electron chi connectivity index (χ1n) is 3.77. The number of hydrogen-bond donors (Lipinski definition) is 0. The third kappa shape index (κ3) is 0.618. The summed E-state index contributed by atoms with van der Waals surface area (Å²) in [7, 11) is 0. The Morgan fingerprint density at radius 3 is 3.10 bits per heavy atom. The van der Waals surface area contributed by atoms with E-state index in [2.05, 4.69) is 6.58 Å². The molecule has 2 heterocycles. The van der Waals surface area contributed by atoms with Crippen LogP contribution in [0.25, 0.3) is 0 Å². The predicted octanol–water partition coefficient (Wildman–Crippen LogP) is 0.793. The van der Waals surface area contributed by atoms with E-state index in [4.69, 9.17) is 0 Å². The van der Waals surface area contributed by atoms with Crippen LogP contribution in [0.15, 0.2) is 12.7 Å². The summed E-state index contributed by atoms with van der Waals surface area (Å²) < 4.78 is 0. The number of fused-ring (bicyclic) bond motifs is 1. The molecule has 2 rings (SSSR count). The van der Waals surface area contributed by atoms with Gasteiger partial charge in [-0.1, -0.05) is 6.08 Å². The molecule has 0 N–H and O–H groups in total. The van der Waals surface area contributed by atoms with Crippen molar-refractivity contribution in [3.8, 4) is 0 Å². The lowest BCUT2D eigenvalue weighted by Gasteiger charge is -2.16. The molecular weight excluding hydrogens is 126 g/mol. The van der Waals surface area contributed by atoms with Gasteiger partial charge in [0, 0.05) is 12.5 Å². The van der Waals surface area contributed by atoms with E-state index in [1.54, 1.807) is 0 Å². The monoisotopic (exact) mass is 137 g/mol. The highest BCUT2D eigenvalue weighted by Gasteiger charge is 2.51. The molecule has 2 nitrogen and oxygen atoms in total. The van der Waals surface area contributed by atoms with Crippen LogP contribution in [0.2, 0.25) is 0 Å². The molecule has 0 unspecified atom stereocenters. The molecule has 2 fully saturated rings. The molecule has 0 radical (unpaired) electrons. The fourth-order valence-corrected chi connectivity index (χ4v) is 1.80. The predicted molar refractivity (Wildman–Crippen MR) is 38.4 cm³/mol. The summed E-state index contributed by atoms with van der Waals surface area (Å²) >= 11 is 0. The van der Waals surface area contributed by atoms with Gasteiger partial charge in [-0.3, -0.25) is 4.79 Å². The van der Waals surface area contributed by atoms with Crippen LogP contribution in [-0.4, -0.2) is 23.4 Å². The third-order valence-corrected chi connectivity index (χ3v) is 2.45. The number of piperidine rings is 1. The SMILES string of the molecule is C=C[C@H]1CCCN2C(=O)[C@@H]12. The Labute approximate surface area is 60.5 Å². The van der Waals surface area contributed by atoms with Gasteiger partial charge < -0.3 is 4.90 Å². The van der Waals surface area contributed by atoms with Crippen molar-refractivity contribution in [2.75, 3.05) is 6.54 Å². The summed E-state index contributed by atoms with van der Waals surface area (Å²) in [5, 5.41) is 0. The molecule has 0 aromatic heterocycles. The number of amides is 1. The third-order valence-electron chi connectivity index (χ3n) is 2.45. The molecule has 2 heteroatoms. The van der Waals surface area contributed by atoms with Gasteiger partial charge in [0.05, 0.1) is 0 Å².